The molecule has 3 rings (SSSR count). The Bertz CT molecular complexity index is 1040. The summed E-state index contributed by atoms with van der Waals surface area (Å²) >= 11 is 8.43. The van der Waals surface area contributed by atoms with Gasteiger partial charge in [0.15, 0.2) is 5.11 Å². The molecule has 0 aliphatic heterocycles. The number of halogens is 1. The molecule has 3 amide bonds. The topological polar surface area (TPSA) is 118 Å². The van der Waals surface area contributed by atoms with Crippen LogP contribution >= 0.6 is 28.1 Å². The van der Waals surface area contributed by atoms with E-state index in [-0.39, 0.29) is 16.9 Å². The number of anilines is 1. The Morgan fingerprint density at radius 1 is 1.00 bits per heavy atom. The standard InChI is InChI=1S/C22H23BrN4O5S/c1-31-10-11-32-18-9-6-15(12-17(18)23)20(29)25-22(33)27-26-21(30)14-4-7-16(8-5-14)24-19(28)13-2-3-13/h4-9,12-13H,2-3,10-11H2,1H3,(H,24,28)(H,26,30)(H2,25,27,29,33). The summed E-state index contributed by atoms with van der Waals surface area (Å²) in [5, 5.41) is 5.22. The molecule has 0 radical (unpaired) electrons. The van der Waals surface area contributed by atoms with Crippen LogP contribution in [0.2, 0.25) is 0 Å². The average Bonchev–Trinajstić information content (AvgIpc) is 3.65. The maximum Gasteiger partial charge on any atom is 0.269 e. The van der Waals surface area contributed by atoms with Crippen LogP contribution in [0.3, 0.4) is 0 Å². The summed E-state index contributed by atoms with van der Waals surface area (Å²) in [6.45, 7) is 0.827. The number of methoxy groups -OCH3 is 1. The van der Waals surface area contributed by atoms with Crippen molar-refractivity contribution in [3.05, 3.63) is 58.1 Å². The van der Waals surface area contributed by atoms with Crippen LogP contribution in [-0.4, -0.2) is 43.2 Å². The molecule has 1 fully saturated rings. The van der Waals surface area contributed by atoms with Gasteiger partial charge in [-0.3, -0.25) is 30.6 Å². The van der Waals surface area contributed by atoms with Gasteiger partial charge in [-0.15, -0.1) is 0 Å². The van der Waals surface area contributed by atoms with Crippen molar-refractivity contribution >= 4 is 56.7 Å². The average molecular weight is 535 g/mol. The van der Waals surface area contributed by atoms with Gasteiger partial charge >= 0.3 is 0 Å². The van der Waals surface area contributed by atoms with Crippen LogP contribution in [-0.2, 0) is 9.53 Å². The van der Waals surface area contributed by atoms with Gasteiger partial charge in [0.1, 0.15) is 12.4 Å². The summed E-state index contributed by atoms with van der Waals surface area (Å²) in [5.41, 5.74) is 6.24. The number of amides is 3. The van der Waals surface area contributed by atoms with Gasteiger partial charge < -0.3 is 14.8 Å². The van der Waals surface area contributed by atoms with Crippen LogP contribution in [0, 0.1) is 5.92 Å². The van der Waals surface area contributed by atoms with Crippen molar-refractivity contribution in [2.24, 2.45) is 5.92 Å². The fourth-order valence-electron chi connectivity index (χ4n) is 2.68. The molecule has 9 nitrogen and oxygen atoms in total. The molecule has 0 atom stereocenters. The minimum Gasteiger partial charge on any atom is -0.490 e. The summed E-state index contributed by atoms with van der Waals surface area (Å²) in [4.78, 5) is 36.5. The van der Waals surface area contributed by atoms with Crippen LogP contribution in [0.15, 0.2) is 46.9 Å². The summed E-state index contributed by atoms with van der Waals surface area (Å²) < 4.78 is 11.1. The molecule has 1 aliphatic carbocycles. The highest BCUT2D eigenvalue weighted by Crippen LogP contribution is 2.30. The zero-order chi connectivity index (χ0) is 23.8. The predicted octanol–water partition coefficient (Wildman–Crippen LogP) is 2.77. The predicted molar refractivity (Wildman–Crippen MR) is 130 cm³/mol. The summed E-state index contributed by atoms with van der Waals surface area (Å²) in [6.07, 6.45) is 1.83. The third-order valence-electron chi connectivity index (χ3n) is 4.62. The molecule has 0 bridgehead atoms. The van der Waals surface area contributed by atoms with Crippen LogP contribution in [0.1, 0.15) is 33.6 Å². The zero-order valence-corrected chi connectivity index (χ0v) is 20.2. The van der Waals surface area contributed by atoms with E-state index < -0.39 is 11.8 Å². The number of carbonyl (C=O) groups excluding carboxylic acids is 3. The van der Waals surface area contributed by atoms with E-state index in [1.165, 1.54) is 0 Å². The Hall–Kier alpha value is -3.02. The first-order valence-electron chi connectivity index (χ1n) is 10.1. The van der Waals surface area contributed by atoms with Gasteiger partial charge in [-0.25, -0.2) is 0 Å². The highest BCUT2D eigenvalue weighted by atomic mass is 79.9. The molecule has 1 aliphatic rings. The number of hydrazine groups is 1. The van der Waals surface area contributed by atoms with Crippen molar-refractivity contribution in [1.29, 1.82) is 0 Å². The SMILES string of the molecule is COCCOc1ccc(C(=O)NC(=S)NNC(=O)c2ccc(NC(=O)C3CC3)cc2)cc1Br. The lowest BCUT2D eigenvalue weighted by atomic mass is 10.2. The van der Waals surface area contributed by atoms with Gasteiger partial charge in [-0.05, 0) is 83.5 Å². The number of hydrogen-bond acceptors (Lipinski definition) is 6. The quantitative estimate of drug-likeness (QED) is 0.233. The molecule has 11 heteroatoms. The Morgan fingerprint density at radius 2 is 1.70 bits per heavy atom. The van der Waals surface area contributed by atoms with Gasteiger partial charge in [-0.1, -0.05) is 0 Å². The highest BCUT2D eigenvalue weighted by Gasteiger charge is 2.29. The van der Waals surface area contributed by atoms with E-state index in [4.69, 9.17) is 21.7 Å². The van der Waals surface area contributed by atoms with Crippen molar-refractivity contribution in [1.82, 2.24) is 16.2 Å². The van der Waals surface area contributed by atoms with Crippen molar-refractivity contribution in [3.8, 4) is 5.75 Å². The van der Waals surface area contributed by atoms with Gasteiger partial charge in [0.2, 0.25) is 5.91 Å². The summed E-state index contributed by atoms with van der Waals surface area (Å²) in [7, 11) is 1.58. The van der Waals surface area contributed by atoms with E-state index in [1.54, 1.807) is 49.6 Å². The minimum absolute atomic E-state index is 0.00440. The molecule has 0 spiro atoms. The van der Waals surface area contributed by atoms with Crippen molar-refractivity contribution < 1.29 is 23.9 Å². The smallest absolute Gasteiger partial charge is 0.269 e. The van der Waals surface area contributed by atoms with E-state index in [2.05, 4.69) is 37.4 Å². The van der Waals surface area contributed by atoms with Gasteiger partial charge in [0.25, 0.3) is 11.8 Å². The number of carbonyl (C=O) groups is 3. The first kappa shape index (κ1) is 24.6. The number of benzene rings is 2. The van der Waals surface area contributed by atoms with Crippen molar-refractivity contribution in [2.75, 3.05) is 25.6 Å². The third-order valence-corrected chi connectivity index (χ3v) is 5.44. The van der Waals surface area contributed by atoms with Crippen molar-refractivity contribution in [2.45, 2.75) is 12.8 Å². The number of thiocarbonyl (C=S) groups is 1. The lowest BCUT2D eigenvalue weighted by molar-refractivity contribution is -0.117. The summed E-state index contributed by atoms with van der Waals surface area (Å²) in [6, 6.07) is 11.3. The number of hydrogen-bond donors (Lipinski definition) is 4. The van der Waals surface area contributed by atoms with E-state index >= 15 is 0 Å². The molecule has 2 aromatic rings. The van der Waals surface area contributed by atoms with E-state index in [0.717, 1.165) is 12.8 Å². The molecule has 0 heterocycles. The van der Waals surface area contributed by atoms with Crippen LogP contribution in [0.4, 0.5) is 5.69 Å². The monoisotopic (exact) mass is 534 g/mol. The first-order chi connectivity index (χ1) is 15.9. The Morgan fingerprint density at radius 3 is 2.33 bits per heavy atom. The number of nitrogens with one attached hydrogen (secondary N) is 4. The van der Waals surface area contributed by atoms with E-state index in [1.807, 2.05) is 0 Å². The van der Waals surface area contributed by atoms with Crippen LogP contribution in [0.5, 0.6) is 5.75 Å². The molecule has 2 aromatic carbocycles. The second-order valence-corrected chi connectivity index (χ2v) is 8.45. The molecule has 33 heavy (non-hydrogen) atoms. The molecule has 4 N–H and O–H groups in total. The maximum absolute atomic E-state index is 12.4. The maximum atomic E-state index is 12.4. The Kier molecular flexibility index (Phi) is 8.75. The molecule has 1 saturated carbocycles. The minimum atomic E-state index is -0.457. The molecule has 0 aromatic heterocycles. The lowest BCUT2D eigenvalue weighted by Crippen LogP contribution is -2.48. The Balaban J connectivity index is 1.45. The second-order valence-electron chi connectivity index (χ2n) is 7.19. The van der Waals surface area contributed by atoms with E-state index in [0.29, 0.717) is 40.3 Å². The van der Waals surface area contributed by atoms with Crippen LogP contribution < -0.4 is 26.2 Å². The fourth-order valence-corrected chi connectivity index (χ4v) is 3.32. The molecular formula is C22H23BrN4O5S. The molecule has 174 valence electrons. The summed E-state index contributed by atoms with van der Waals surface area (Å²) in [5.74, 6) is -0.236. The van der Waals surface area contributed by atoms with Gasteiger partial charge in [0.05, 0.1) is 11.1 Å². The number of rotatable bonds is 8. The fraction of sp³-hybridized carbons (Fsp3) is 0.273. The molecule has 0 saturated heterocycles. The molecular weight excluding hydrogens is 512 g/mol. The van der Waals surface area contributed by atoms with Crippen LogP contribution in [0.25, 0.3) is 0 Å². The van der Waals surface area contributed by atoms with E-state index in [9.17, 15) is 14.4 Å². The van der Waals surface area contributed by atoms with Gasteiger partial charge in [-0.2, -0.15) is 0 Å². The van der Waals surface area contributed by atoms with Crippen molar-refractivity contribution in [3.63, 3.8) is 0 Å². The molecule has 0 unspecified atom stereocenters. The lowest BCUT2D eigenvalue weighted by Gasteiger charge is -2.12. The zero-order valence-electron chi connectivity index (χ0n) is 17.8. The Labute approximate surface area is 204 Å². The highest BCUT2D eigenvalue weighted by molar-refractivity contribution is 9.10. The normalized spacial score (nSPS) is 12.4. The first-order valence-corrected chi connectivity index (χ1v) is 11.3. The van der Waals surface area contributed by atoms with Gasteiger partial charge in [0, 0.05) is 29.8 Å². The second kappa shape index (κ2) is 11.7. The largest absolute Gasteiger partial charge is 0.490 e. The third kappa shape index (κ3) is 7.52. The number of ether oxygens (including phenoxy) is 2.